The fraction of sp³-hybridized carbons (Fsp3) is 0.333. The molecule has 0 bridgehead atoms. The van der Waals surface area contributed by atoms with Gasteiger partial charge in [0.15, 0.2) is 12.2 Å². The molecule has 0 radical (unpaired) electrons. The summed E-state index contributed by atoms with van der Waals surface area (Å²) in [4.78, 5) is 25.2. The zero-order valence-electron chi connectivity index (χ0n) is 29.3. The van der Waals surface area contributed by atoms with E-state index in [-0.39, 0.29) is 38.4 Å². The lowest BCUT2D eigenvalue weighted by Gasteiger charge is -2.23. The molecule has 5 aromatic carbocycles. The predicted octanol–water partition coefficient (Wildman–Crippen LogP) is 8.95. The van der Waals surface area contributed by atoms with Crippen LogP contribution in [0, 0.1) is 13.8 Å². The Labute approximate surface area is 294 Å². The average Bonchev–Trinajstić information content (AvgIpc) is 3.11. The molecule has 262 valence electrons. The second kappa shape index (κ2) is 18.0. The van der Waals surface area contributed by atoms with Crippen LogP contribution in [0.15, 0.2) is 97.1 Å². The van der Waals surface area contributed by atoms with Crippen molar-refractivity contribution < 1.29 is 38.0 Å². The molecule has 0 spiro atoms. The van der Waals surface area contributed by atoms with Crippen LogP contribution in [0.25, 0.3) is 21.5 Å². The molecule has 5 rings (SSSR count). The van der Waals surface area contributed by atoms with Crippen molar-refractivity contribution in [3.8, 4) is 23.0 Å². The fourth-order valence-corrected chi connectivity index (χ4v) is 5.63. The second-order valence-electron chi connectivity index (χ2n) is 12.4. The van der Waals surface area contributed by atoms with E-state index >= 15 is 0 Å². The fourth-order valence-electron chi connectivity index (χ4n) is 5.63. The second-order valence-corrected chi connectivity index (χ2v) is 12.4. The van der Waals surface area contributed by atoms with Gasteiger partial charge in [0.25, 0.3) is 0 Å². The zero-order valence-corrected chi connectivity index (χ0v) is 29.3. The van der Waals surface area contributed by atoms with Crippen molar-refractivity contribution in [1.82, 2.24) is 0 Å². The van der Waals surface area contributed by atoms with E-state index in [0.29, 0.717) is 48.7 Å². The number of carbonyl (C=O) groups excluding carboxylic acids is 2. The topological polar surface area (TPSA) is 89.5 Å². The standard InChI is InChI=1S/C42H46O8/c1-5-13-39(43)49-33(25-45-31-17-11-15-29(3)23-31)27-47-41-35-19-7-9-21-37(35)42(38-22-10-8-20-36(38)41)48-28-34(50-40(44)14-6-2)26-46-32-18-12-16-30(4)24-32/h7-12,15-24,33-34H,5-6,13-14,25-28H2,1-4H3. The molecule has 0 aromatic heterocycles. The molecule has 8 nitrogen and oxygen atoms in total. The molecule has 2 unspecified atom stereocenters. The Morgan fingerprint density at radius 2 is 0.860 bits per heavy atom. The maximum Gasteiger partial charge on any atom is 0.306 e. The van der Waals surface area contributed by atoms with E-state index in [1.807, 2.05) is 125 Å². The summed E-state index contributed by atoms with van der Waals surface area (Å²) in [6, 6.07) is 31.2. The number of esters is 2. The van der Waals surface area contributed by atoms with Crippen LogP contribution < -0.4 is 18.9 Å². The number of ether oxygens (including phenoxy) is 6. The van der Waals surface area contributed by atoms with Gasteiger partial charge in [-0.25, -0.2) is 0 Å². The first-order valence-electron chi connectivity index (χ1n) is 17.3. The van der Waals surface area contributed by atoms with Gasteiger partial charge in [-0.2, -0.15) is 0 Å². The van der Waals surface area contributed by atoms with Gasteiger partial charge in [0.2, 0.25) is 0 Å². The van der Waals surface area contributed by atoms with Crippen molar-refractivity contribution in [2.24, 2.45) is 0 Å². The molecule has 8 heteroatoms. The monoisotopic (exact) mass is 678 g/mol. The molecule has 0 saturated heterocycles. The number of carbonyl (C=O) groups is 2. The van der Waals surface area contributed by atoms with Gasteiger partial charge >= 0.3 is 11.9 Å². The highest BCUT2D eigenvalue weighted by Crippen LogP contribution is 2.43. The van der Waals surface area contributed by atoms with Crippen molar-refractivity contribution in [3.05, 3.63) is 108 Å². The van der Waals surface area contributed by atoms with Gasteiger partial charge < -0.3 is 28.4 Å². The van der Waals surface area contributed by atoms with Gasteiger partial charge in [0.05, 0.1) is 0 Å². The van der Waals surface area contributed by atoms with E-state index in [9.17, 15) is 9.59 Å². The van der Waals surface area contributed by atoms with Crippen LogP contribution in [0.5, 0.6) is 23.0 Å². The molecule has 0 aliphatic rings. The summed E-state index contributed by atoms with van der Waals surface area (Å²) in [7, 11) is 0. The molecular formula is C42H46O8. The minimum atomic E-state index is -0.644. The molecule has 0 aliphatic carbocycles. The Bertz CT molecular complexity index is 1690. The summed E-state index contributed by atoms with van der Waals surface area (Å²) < 4.78 is 36.8. The van der Waals surface area contributed by atoms with Crippen molar-refractivity contribution in [2.45, 2.75) is 65.6 Å². The Hall–Kier alpha value is -5.24. The van der Waals surface area contributed by atoms with E-state index in [1.54, 1.807) is 0 Å². The number of benzene rings is 5. The van der Waals surface area contributed by atoms with Crippen molar-refractivity contribution in [2.75, 3.05) is 26.4 Å². The molecule has 50 heavy (non-hydrogen) atoms. The van der Waals surface area contributed by atoms with Gasteiger partial charge in [-0.15, -0.1) is 0 Å². The van der Waals surface area contributed by atoms with Crippen molar-refractivity contribution >= 4 is 33.5 Å². The van der Waals surface area contributed by atoms with E-state index in [0.717, 1.165) is 32.7 Å². The SMILES string of the molecule is CCCC(=O)OC(COc1cccc(C)c1)COc1c2ccccc2c(OCC(COc2cccc(C)c2)OC(=O)CCC)c2ccccc12. The summed E-state index contributed by atoms with van der Waals surface area (Å²) in [6.45, 7) is 8.31. The number of hydrogen-bond donors (Lipinski definition) is 0. The van der Waals surface area contributed by atoms with Crippen LogP contribution in [0.3, 0.4) is 0 Å². The third-order valence-corrected chi connectivity index (χ3v) is 8.02. The highest BCUT2D eigenvalue weighted by molar-refractivity contribution is 6.11. The number of fused-ring (bicyclic) bond motifs is 2. The molecule has 0 amide bonds. The number of hydrogen-bond acceptors (Lipinski definition) is 8. The smallest absolute Gasteiger partial charge is 0.306 e. The van der Waals surface area contributed by atoms with E-state index in [2.05, 4.69) is 0 Å². The molecule has 0 N–H and O–H groups in total. The van der Waals surface area contributed by atoms with Gasteiger partial charge in [0, 0.05) is 34.4 Å². The van der Waals surface area contributed by atoms with Crippen LogP contribution in [-0.2, 0) is 19.1 Å². The summed E-state index contributed by atoms with van der Waals surface area (Å²) in [5, 5.41) is 3.31. The first kappa shape index (κ1) is 36.1. The molecule has 2 atom stereocenters. The summed E-state index contributed by atoms with van der Waals surface area (Å²) in [5.74, 6) is 2.08. The van der Waals surface area contributed by atoms with Crippen LogP contribution >= 0.6 is 0 Å². The molecule has 5 aromatic rings. The normalized spacial score (nSPS) is 12.2. The third-order valence-electron chi connectivity index (χ3n) is 8.02. The first-order chi connectivity index (χ1) is 24.3. The highest BCUT2D eigenvalue weighted by Gasteiger charge is 2.22. The molecule has 0 aliphatic heterocycles. The summed E-state index contributed by atoms with van der Waals surface area (Å²) in [6.07, 6.45) is 0.690. The maximum atomic E-state index is 12.6. The minimum Gasteiger partial charge on any atom is -0.490 e. The van der Waals surface area contributed by atoms with Gasteiger partial charge in [0.1, 0.15) is 49.4 Å². The van der Waals surface area contributed by atoms with Crippen LogP contribution in [0.4, 0.5) is 0 Å². The van der Waals surface area contributed by atoms with Crippen molar-refractivity contribution in [1.29, 1.82) is 0 Å². The Morgan fingerprint density at radius 1 is 0.500 bits per heavy atom. The van der Waals surface area contributed by atoms with Crippen LogP contribution in [-0.4, -0.2) is 50.6 Å². The largest absolute Gasteiger partial charge is 0.490 e. The lowest BCUT2D eigenvalue weighted by Crippen LogP contribution is -2.31. The van der Waals surface area contributed by atoms with E-state index in [1.165, 1.54) is 0 Å². The Balaban J connectivity index is 1.40. The summed E-state index contributed by atoms with van der Waals surface area (Å²) >= 11 is 0. The maximum absolute atomic E-state index is 12.6. The number of rotatable bonds is 18. The molecule has 0 saturated carbocycles. The predicted molar refractivity (Wildman–Crippen MR) is 195 cm³/mol. The van der Waals surface area contributed by atoms with Gasteiger partial charge in [-0.3, -0.25) is 9.59 Å². The lowest BCUT2D eigenvalue weighted by atomic mass is 10.0. The quantitative estimate of drug-likeness (QED) is 0.0671. The Kier molecular flexibility index (Phi) is 12.9. The van der Waals surface area contributed by atoms with Gasteiger partial charge in [-0.1, -0.05) is 86.6 Å². The minimum absolute atomic E-state index is 0.0845. The molecular weight excluding hydrogens is 632 g/mol. The first-order valence-corrected chi connectivity index (χ1v) is 17.3. The molecule has 0 fully saturated rings. The Morgan fingerprint density at radius 3 is 1.20 bits per heavy atom. The van der Waals surface area contributed by atoms with Crippen LogP contribution in [0.1, 0.15) is 50.7 Å². The third kappa shape index (κ3) is 9.91. The number of aryl methyl sites for hydroxylation is 2. The lowest BCUT2D eigenvalue weighted by molar-refractivity contribution is -0.153. The van der Waals surface area contributed by atoms with E-state index in [4.69, 9.17) is 28.4 Å². The summed E-state index contributed by atoms with van der Waals surface area (Å²) in [5.41, 5.74) is 2.14. The van der Waals surface area contributed by atoms with Gasteiger partial charge in [-0.05, 0) is 62.1 Å². The zero-order chi connectivity index (χ0) is 35.3. The average molecular weight is 679 g/mol. The van der Waals surface area contributed by atoms with Crippen molar-refractivity contribution in [3.63, 3.8) is 0 Å². The van der Waals surface area contributed by atoms with Crippen LogP contribution in [0.2, 0.25) is 0 Å². The van der Waals surface area contributed by atoms with E-state index < -0.39 is 12.2 Å². The molecule has 0 heterocycles. The highest BCUT2D eigenvalue weighted by atomic mass is 16.6.